The van der Waals surface area contributed by atoms with Crippen LogP contribution in [-0.4, -0.2) is 23.3 Å². The van der Waals surface area contributed by atoms with Gasteiger partial charge in [0.05, 0.1) is 13.2 Å². The van der Waals surface area contributed by atoms with E-state index in [0.717, 1.165) is 21.3 Å². The SMILES string of the molecule is COc1ccc(Br)c(CC(O)Cc2cccnc2)c1. The highest BCUT2D eigenvalue weighted by Gasteiger charge is 2.10. The van der Waals surface area contributed by atoms with Gasteiger partial charge in [0.2, 0.25) is 0 Å². The molecule has 2 aromatic rings. The van der Waals surface area contributed by atoms with E-state index in [1.807, 2.05) is 30.3 Å². The Kier molecular flexibility index (Phi) is 4.93. The maximum absolute atomic E-state index is 10.2. The summed E-state index contributed by atoms with van der Waals surface area (Å²) >= 11 is 3.49. The van der Waals surface area contributed by atoms with Gasteiger partial charge in [-0.3, -0.25) is 4.98 Å². The van der Waals surface area contributed by atoms with Crippen molar-refractivity contribution >= 4 is 15.9 Å². The zero-order valence-corrected chi connectivity index (χ0v) is 12.3. The lowest BCUT2D eigenvalue weighted by Gasteiger charge is -2.13. The summed E-state index contributed by atoms with van der Waals surface area (Å²) in [6.45, 7) is 0. The van der Waals surface area contributed by atoms with E-state index in [2.05, 4.69) is 20.9 Å². The molecule has 1 heterocycles. The van der Waals surface area contributed by atoms with Gasteiger partial charge in [0.15, 0.2) is 0 Å². The minimum absolute atomic E-state index is 0.437. The fourth-order valence-corrected chi connectivity index (χ4v) is 2.36. The number of methoxy groups -OCH3 is 1. The Bertz CT molecular complexity index is 531. The molecule has 0 fully saturated rings. The highest BCUT2D eigenvalue weighted by atomic mass is 79.9. The molecular weight excluding hydrogens is 306 g/mol. The number of hydrogen-bond donors (Lipinski definition) is 1. The molecule has 100 valence electrons. The number of ether oxygens (including phenoxy) is 1. The van der Waals surface area contributed by atoms with E-state index in [0.29, 0.717) is 12.8 Å². The number of nitrogens with zero attached hydrogens (tertiary/aromatic N) is 1. The lowest BCUT2D eigenvalue weighted by atomic mass is 10.0. The molecule has 19 heavy (non-hydrogen) atoms. The molecule has 1 aromatic carbocycles. The summed E-state index contributed by atoms with van der Waals surface area (Å²) in [5.74, 6) is 0.798. The Labute approximate surface area is 121 Å². The van der Waals surface area contributed by atoms with Crippen molar-refractivity contribution < 1.29 is 9.84 Å². The van der Waals surface area contributed by atoms with Crippen LogP contribution >= 0.6 is 15.9 Å². The molecule has 0 bridgehead atoms. The molecule has 3 nitrogen and oxygen atoms in total. The van der Waals surface area contributed by atoms with Gasteiger partial charge < -0.3 is 9.84 Å². The summed E-state index contributed by atoms with van der Waals surface area (Å²) < 4.78 is 6.18. The van der Waals surface area contributed by atoms with Crippen LogP contribution in [0.15, 0.2) is 47.2 Å². The molecule has 0 aliphatic heterocycles. The van der Waals surface area contributed by atoms with Crippen LogP contribution < -0.4 is 4.74 Å². The molecule has 4 heteroatoms. The number of aliphatic hydroxyl groups is 1. The van der Waals surface area contributed by atoms with Gasteiger partial charge in [-0.15, -0.1) is 0 Å². The van der Waals surface area contributed by atoms with Crippen molar-refractivity contribution in [3.63, 3.8) is 0 Å². The van der Waals surface area contributed by atoms with Crippen LogP contribution in [0.2, 0.25) is 0 Å². The van der Waals surface area contributed by atoms with E-state index in [9.17, 15) is 5.11 Å². The van der Waals surface area contributed by atoms with Gasteiger partial charge in [0.25, 0.3) is 0 Å². The van der Waals surface area contributed by atoms with Crippen molar-refractivity contribution in [2.75, 3.05) is 7.11 Å². The molecule has 1 atom stereocenters. The Morgan fingerprint density at radius 2 is 2.16 bits per heavy atom. The van der Waals surface area contributed by atoms with Crippen LogP contribution in [0.1, 0.15) is 11.1 Å². The number of aliphatic hydroxyl groups excluding tert-OH is 1. The average molecular weight is 322 g/mol. The number of aromatic nitrogens is 1. The van der Waals surface area contributed by atoms with Crippen molar-refractivity contribution in [2.45, 2.75) is 18.9 Å². The smallest absolute Gasteiger partial charge is 0.119 e. The number of halogens is 1. The van der Waals surface area contributed by atoms with E-state index in [1.165, 1.54) is 0 Å². The fourth-order valence-electron chi connectivity index (χ4n) is 1.95. The first-order valence-electron chi connectivity index (χ1n) is 6.08. The number of pyridine rings is 1. The predicted molar refractivity (Wildman–Crippen MR) is 78.3 cm³/mol. The minimum atomic E-state index is -0.437. The lowest BCUT2D eigenvalue weighted by molar-refractivity contribution is 0.175. The van der Waals surface area contributed by atoms with Gasteiger partial charge in [-0.1, -0.05) is 22.0 Å². The minimum Gasteiger partial charge on any atom is -0.497 e. The van der Waals surface area contributed by atoms with Gasteiger partial charge in [-0.25, -0.2) is 0 Å². The summed E-state index contributed by atoms with van der Waals surface area (Å²) in [4.78, 5) is 4.05. The number of rotatable bonds is 5. The second-order valence-electron chi connectivity index (χ2n) is 4.38. The monoisotopic (exact) mass is 321 g/mol. The Balaban J connectivity index is 2.04. The van der Waals surface area contributed by atoms with E-state index in [4.69, 9.17) is 4.74 Å². The first-order valence-corrected chi connectivity index (χ1v) is 6.87. The van der Waals surface area contributed by atoms with Crippen molar-refractivity contribution in [1.29, 1.82) is 0 Å². The lowest BCUT2D eigenvalue weighted by Crippen LogP contribution is -2.14. The second kappa shape index (κ2) is 6.68. The largest absolute Gasteiger partial charge is 0.497 e. The molecule has 0 saturated carbocycles. The first-order chi connectivity index (χ1) is 9.19. The standard InChI is InChI=1S/C15H16BrNO2/c1-19-14-4-5-15(16)12(9-14)8-13(18)7-11-3-2-6-17-10-11/h2-6,9-10,13,18H,7-8H2,1H3. The number of benzene rings is 1. The first kappa shape index (κ1) is 14.0. The maximum Gasteiger partial charge on any atom is 0.119 e. The highest BCUT2D eigenvalue weighted by molar-refractivity contribution is 9.10. The summed E-state index contributed by atoms with van der Waals surface area (Å²) in [5, 5.41) is 10.2. The van der Waals surface area contributed by atoms with Gasteiger partial charge in [0.1, 0.15) is 5.75 Å². The van der Waals surface area contributed by atoms with Gasteiger partial charge in [-0.2, -0.15) is 0 Å². The molecule has 1 aromatic heterocycles. The maximum atomic E-state index is 10.2. The molecule has 0 spiro atoms. The van der Waals surface area contributed by atoms with E-state index < -0.39 is 6.10 Å². The van der Waals surface area contributed by atoms with Gasteiger partial charge >= 0.3 is 0 Å². The zero-order chi connectivity index (χ0) is 13.7. The van der Waals surface area contributed by atoms with Crippen LogP contribution in [0.3, 0.4) is 0 Å². The third-order valence-corrected chi connectivity index (χ3v) is 3.68. The van der Waals surface area contributed by atoms with E-state index in [-0.39, 0.29) is 0 Å². The molecule has 0 aliphatic rings. The van der Waals surface area contributed by atoms with Crippen molar-refractivity contribution in [3.05, 3.63) is 58.3 Å². The van der Waals surface area contributed by atoms with Crippen molar-refractivity contribution in [1.82, 2.24) is 4.98 Å². The molecule has 0 aliphatic carbocycles. The van der Waals surface area contributed by atoms with E-state index in [1.54, 1.807) is 19.5 Å². The zero-order valence-electron chi connectivity index (χ0n) is 10.7. The molecular formula is C15H16BrNO2. The summed E-state index contributed by atoms with van der Waals surface area (Å²) in [6, 6.07) is 9.61. The van der Waals surface area contributed by atoms with Crippen molar-refractivity contribution in [3.8, 4) is 5.75 Å². The van der Waals surface area contributed by atoms with Crippen molar-refractivity contribution in [2.24, 2.45) is 0 Å². The molecule has 0 amide bonds. The molecule has 0 saturated heterocycles. The quantitative estimate of drug-likeness (QED) is 0.920. The summed E-state index contributed by atoms with van der Waals surface area (Å²) in [5.41, 5.74) is 2.07. The van der Waals surface area contributed by atoms with Crippen LogP contribution in [0, 0.1) is 0 Å². The topological polar surface area (TPSA) is 42.4 Å². The average Bonchev–Trinajstić information content (AvgIpc) is 2.42. The molecule has 0 radical (unpaired) electrons. The summed E-state index contributed by atoms with van der Waals surface area (Å²) in [7, 11) is 1.64. The fraction of sp³-hybridized carbons (Fsp3) is 0.267. The highest BCUT2D eigenvalue weighted by Crippen LogP contribution is 2.24. The van der Waals surface area contributed by atoms with Crippen LogP contribution in [0.25, 0.3) is 0 Å². The predicted octanol–water partition coefficient (Wildman–Crippen LogP) is 3.00. The van der Waals surface area contributed by atoms with Gasteiger partial charge in [-0.05, 0) is 41.8 Å². The number of hydrogen-bond acceptors (Lipinski definition) is 3. The molecule has 1 N–H and O–H groups in total. The molecule has 1 unspecified atom stereocenters. The Hall–Kier alpha value is -1.39. The van der Waals surface area contributed by atoms with Crippen LogP contribution in [0.5, 0.6) is 5.75 Å². The Morgan fingerprint density at radius 3 is 2.84 bits per heavy atom. The van der Waals surface area contributed by atoms with Crippen LogP contribution in [-0.2, 0) is 12.8 Å². The Morgan fingerprint density at radius 1 is 1.32 bits per heavy atom. The van der Waals surface area contributed by atoms with Gasteiger partial charge in [0, 0.05) is 23.3 Å². The van der Waals surface area contributed by atoms with E-state index >= 15 is 0 Å². The third kappa shape index (κ3) is 4.04. The van der Waals surface area contributed by atoms with Crippen LogP contribution in [0.4, 0.5) is 0 Å². The third-order valence-electron chi connectivity index (χ3n) is 2.90. The summed E-state index contributed by atoms with van der Waals surface area (Å²) in [6.07, 6.45) is 4.25. The normalized spacial score (nSPS) is 12.2. The molecule has 2 rings (SSSR count). The second-order valence-corrected chi connectivity index (χ2v) is 5.24.